The summed E-state index contributed by atoms with van der Waals surface area (Å²) in [5, 5.41) is 0.948. The van der Waals surface area contributed by atoms with Crippen LogP contribution >= 0.6 is 0 Å². The highest BCUT2D eigenvalue weighted by molar-refractivity contribution is 6.40. The van der Waals surface area contributed by atoms with Crippen LogP contribution in [0.5, 0.6) is 0 Å². The minimum absolute atomic E-state index is 0.205. The first-order chi connectivity index (χ1) is 9.04. The Bertz CT molecular complexity index is 625. The zero-order chi connectivity index (χ0) is 14.0. The monoisotopic (exact) mass is 259 g/mol. The number of benzene rings is 1. The van der Waals surface area contributed by atoms with Gasteiger partial charge in [0.1, 0.15) is 0 Å². The van der Waals surface area contributed by atoms with Gasteiger partial charge in [0.15, 0.2) is 0 Å². The van der Waals surface area contributed by atoms with Crippen LogP contribution in [0, 0.1) is 0 Å². The van der Waals surface area contributed by atoms with Crippen LogP contribution in [0.1, 0.15) is 37.2 Å². The van der Waals surface area contributed by atoms with E-state index in [2.05, 4.69) is 18.4 Å². The fourth-order valence-corrected chi connectivity index (χ4v) is 2.07. The number of nitrogens with zero attached hydrogens (tertiary/aromatic N) is 1. The molecule has 0 spiro atoms. The van der Waals surface area contributed by atoms with Crippen molar-refractivity contribution < 1.29 is 14.3 Å². The maximum absolute atomic E-state index is 11.8. The van der Waals surface area contributed by atoms with E-state index in [0.717, 1.165) is 10.9 Å². The number of aromatic nitrogens is 1. The molecular formula is C15H17NO3. The molecule has 0 bridgehead atoms. The normalized spacial score (nSPS) is 10.9. The molecule has 19 heavy (non-hydrogen) atoms. The number of ketones is 1. The lowest BCUT2D eigenvalue weighted by atomic mass is 10.1. The number of fused-ring (bicyclic) bond motifs is 1. The highest BCUT2D eigenvalue weighted by atomic mass is 16.5. The predicted molar refractivity (Wildman–Crippen MR) is 73.3 cm³/mol. The van der Waals surface area contributed by atoms with Crippen molar-refractivity contribution in [2.45, 2.75) is 26.8 Å². The first-order valence-corrected chi connectivity index (χ1v) is 6.36. The van der Waals surface area contributed by atoms with Crippen LogP contribution in [0.2, 0.25) is 0 Å². The SMILES string of the molecule is CCOC(=O)C(=O)c1ccc2c(ccn2C(C)C)c1. The quantitative estimate of drug-likeness (QED) is 0.482. The average Bonchev–Trinajstić information content (AvgIpc) is 2.80. The van der Waals surface area contributed by atoms with Crippen molar-refractivity contribution in [3.8, 4) is 0 Å². The van der Waals surface area contributed by atoms with E-state index in [1.54, 1.807) is 19.1 Å². The molecule has 1 heterocycles. The van der Waals surface area contributed by atoms with Gasteiger partial charge in [-0.2, -0.15) is 0 Å². The van der Waals surface area contributed by atoms with Crippen molar-refractivity contribution in [1.29, 1.82) is 0 Å². The van der Waals surface area contributed by atoms with Gasteiger partial charge in [0.05, 0.1) is 6.61 Å². The lowest BCUT2D eigenvalue weighted by Crippen LogP contribution is -2.17. The summed E-state index contributed by atoms with van der Waals surface area (Å²) in [6.07, 6.45) is 1.98. The van der Waals surface area contributed by atoms with Crippen molar-refractivity contribution in [2.24, 2.45) is 0 Å². The van der Waals surface area contributed by atoms with Gasteiger partial charge in [-0.25, -0.2) is 4.79 Å². The van der Waals surface area contributed by atoms with E-state index in [-0.39, 0.29) is 6.61 Å². The molecule has 0 aliphatic carbocycles. The van der Waals surface area contributed by atoms with Gasteiger partial charge in [-0.3, -0.25) is 4.79 Å². The Hall–Kier alpha value is -2.10. The van der Waals surface area contributed by atoms with Crippen molar-refractivity contribution in [3.63, 3.8) is 0 Å². The van der Waals surface area contributed by atoms with Gasteiger partial charge < -0.3 is 9.30 Å². The molecule has 2 rings (SSSR count). The molecule has 0 aliphatic heterocycles. The van der Waals surface area contributed by atoms with Gasteiger partial charge in [-0.1, -0.05) is 0 Å². The molecule has 0 unspecified atom stereocenters. The third kappa shape index (κ3) is 2.52. The molecule has 100 valence electrons. The van der Waals surface area contributed by atoms with Crippen molar-refractivity contribution >= 4 is 22.7 Å². The second kappa shape index (κ2) is 5.26. The number of esters is 1. The van der Waals surface area contributed by atoms with Gasteiger partial charge in [0, 0.05) is 28.7 Å². The second-order valence-electron chi connectivity index (χ2n) is 4.64. The first kappa shape index (κ1) is 13.3. The molecular weight excluding hydrogens is 242 g/mol. The Morgan fingerprint density at radius 2 is 2.00 bits per heavy atom. The Morgan fingerprint density at radius 3 is 2.63 bits per heavy atom. The predicted octanol–water partition coefficient (Wildman–Crippen LogP) is 2.97. The topological polar surface area (TPSA) is 48.3 Å². The maximum Gasteiger partial charge on any atom is 0.379 e. The Labute approximate surface area is 112 Å². The fourth-order valence-electron chi connectivity index (χ4n) is 2.07. The van der Waals surface area contributed by atoms with Crippen LogP contribution in [0.15, 0.2) is 30.5 Å². The highest BCUT2D eigenvalue weighted by Crippen LogP contribution is 2.21. The van der Waals surface area contributed by atoms with E-state index in [9.17, 15) is 9.59 Å². The summed E-state index contributed by atoms with van der Waals surface area (Å²) in [6, 6.07) is 7.55. The van der Waals surface area contributed by atoms with Crippen LogP contribution < -0.4 is 0 Å². The molecule has 0 atom stereocenters. The van der Waals surface area contributed by atoms with Crippen molar-refractivity contribution in [3.05, 3.63) is 36.0 Å². The largest absolute Gasteiger partial charge is 0.460 e. The van der Waals surface area contributed by atoms with E-state index in [0.29, 0.717) is 11.6 Å². The average molecular weight is 259 g/mol. The number of carbonyl (C=O) groups is 2. The summed E-state index contributed by atoms with van der Waals surface area (Å²) in [4.78, 5) is 23.3. The van der Waals surface area contributed by atoms with E-state index >= 15 is 0 Å². The van der Waals surface area contributed by atoms with Crippen molar-refractivity contribution in [2.75, 3.05) is 6.61 Å². The zero-order valence-corrected chi connectivity index (χ0v) is 11.3. The van der Waals surface area contributed by atoms with E-state index < -0.39 is 11.8 Å². The lowest BCUT2D eigenvalue weighted by Gasteiger charge is -2.09. The molecule has 0 aliphatic rings. The van der Waals surface area contributed by atoms with Gasteiger partial charge in [-0.05, 0) is 45.0 Å². The molecule has 0 radical (unpaired) electrons. The number of carbonyl (C=O) groups excluding carboxylic acids is 2. The number of hydrogen-bond donors (Lipinski definition) is 0. The van der Waals surface area contributed by atoms with E-state index in [4.69, 9.17) is 4.74 Å². The molecule has 0 amide bonds. The summed E-state index contributed by atoms with van der Waals surface area (Å²) in [7, 11) is 0. The molecule has 1 aromatic heterocycles. The lowest BCUT2D eigenvalue weighted by molar-refractivity contribution is -0.137. The van der Waals surface area contributed by atoms with Crippen LogP contribution in [0.3, 0.4) is 0 Å². The molecule has 4 heteroatoms. The van der Waals surface area contributed by atoms with Gasteiger partial charge in [0.2, 0.25) is 0 Å². The van der Waals surface area contributed by atoms with Crippen LogP contribution in [-0.2, 0) is 9.53 Å². The summed E-state index contributed by atoms with van der Waals surface area (Å²) in [6.45, 7) is 6.07. The molecule has 0 saturated carbocycles. The Balaban J connectivity index is 2.37. The third-order valence-electron chi connectivity index (χ3n) is 3.00. The molecule has 0 fully saturated rings. The summed E-state index contributed by atoms with van der Waals surface area (Å²) in [5.41, 5.74) is 1.42. The summed E-state index contributed by atoms with van der Waals surface area (Å²) >= 11 is 0. The van der Waals surface area contributed by atoms with Gasteiger partial charge >= 0.3 is 5.97 Å². The molecule has 4 nitrogen and oxygen atoms in total. The van der Waals surface area contributed by atoms with Crippen molar-refractivity contribution in [1.82, 2.24) is 4.57 Å². The van der Waals surface area contributed by atoms with Crippen LogP contribution in [0.4, 0.5) is 0 Å². The minimum Gasteiger partial charge on any atom is -0.460 e. The third-order valence-corrected chi connectivity index (χ3v) is 3.00. The highest BCUT2D eigenvalue weighted by Gasteiger charge is 2.18. The minimum atomic E-state index is -0.801. The Morgan fingerprint density at radius 1 is 1.26 bits per heavy atom. The van der Waals surface area contributed by atoms with Gasteiger partial charge in [0.25, 0.3) is 5.78 Å². The fraction of sp³-hybridized carbons (Fsp3) is 0.333. The summed E-state index contributed by atoms with van der Waals surface area (Å²) < 4.78 is 6.84. The molecule has 2 aromatic rings. The standard InChI is InChI=1S/C15H17NO3/c1-4-19-15(18)14(17)12-5-6-13-11(9-12)7-8-16(13)10(2)3/h5-10H,4H2,1-3H3. The van der Waals surface area contributed by atoms with E-state index in [1.807, 2.05) is 18.3 Å². The van der Waals surface area contributed by atoms with E-state index in [1.165, 1.54) is 0 Å². The van der Waals surface area contributed by atoms with Crippen LogP contribution in [0.25, 0.3) is 10.9 Å². The number of rotatable bonds is 4. The number of hydrogen-bond acceptors (Lipinski definition) is 3. The van der Waals surface area contributed by atoms with Gasteiger partial charge in [-0.15, -0.1) is 0 Å². The molecule has 0 N–H and O–H groups in total. The smallest absolute Gasteiger partial charge is 0.379 e. The zero-order valence-electron chi connectivity index (χ0n) is 11.3. The first-order valence-electron chi connectivity index (χ1n) is 6.36. The number of Topliss-reactive ketones (excluding diaryl/α,β-unsaturated/α-hetero) is 1. The Kier molecular flexibility index (Phi) is 3.69. The van der Waals surface area contributed by atoms with Crippen LogP contribution in [-0.4, -0.2) is 22.9 Å². The number of ether oxygens (including phenoxy) is 1. The molecule has 0 saturated heterocycles. The molecule has 1 aromatic carbocycles. The second-order valence-corrected chi connectivity index (χ2v) is 4.64. The summed E-state index contributed by atoms with van der Waals surface area (Å²) in [5.74, 6) is -1.40. The maximum atomic E-state index is 11.8.